The van der Waals surface area contributed by atoms with Gasteiger partial charge in [-0.15, -0.1) is 11.3 Å². The molecule has 0 amide bonds. The van der Waals surface area contributed by atoms with Crippen molar-refractivity contribution in [2.75, 3.05) is 9.80 Å². The van der Waals surface area contributed by atoms with E-state index in [2.05, 4.69) is 234 Å². The van der Waals surface area contributed by atoms with Gasteiger partial charge >= 0.3 is 0 Å². The fraction of sp³-hybridized carbons (Fsp3) is 0. The molecule has 2 aliphatic rings. The predicted molar refractivity (Wildman–Crippen MR) is 268 cm³/mol. The van der Waals surface area contributed by atoms with Gasteiger partial charge in [0.05, 0.1) is 5.69 Å². The molecule has 3 nitrogen and oxygen atoms in total. The third-order valence-electron chi connectivity index (χ3n) is 12.9. The van der Waals surface area contributed by atoms with E-state index in [4.69, 9.17) is 4.74 Å². The fourth-order valence-corrected chi connectivity index (χ4v) is 11.3. The fourth-order valence-electron chi connectivity index (χ4n) is 10.1. The van der Waals surface area contributed by atoms with Crippen LogP contribution >= 0.6 is 11.3 Å². The number of anilines is 6. The van der Waals surface area contributed by atoms with Gasteiger partial charge in [-0.2, -0.15) is 0 Å². The first-order valence-corrected chi connectivity index (χ1v) is 22.3. The van der Waals surface area contributed by atoms with Gasteiger partial charge in [0.1, 0.15) is 11.5 Å². The van der Waals surface area contributed by atoms with E-state index >= 15 is 0 Å². The van der Waals surface area contributed by atoms with Crippen LogP contribution in [0.5, 0.6) is 11.5 Å². The van der Waals surface area contributed by atoms with E-state index in [0.717, 1.165) is 39.9 Å². The van der Waals surface area contributed by atoms with Crippen LogP contribution in [0, 0.1) is 0 Å². The molecule has 0 N–H and O–H groups in total. The Labute approximate surface area is 370 Å². The maximum absolute atomic E-state index is 7.10. The summed E-state index contributed by atoms with van der Waals surface area (Å²) in [5.41, 5.74) is 15.3. The van der Waals surface area contributed by atoms with Crippen molar-refractivity contribution in [3.8, 4) is 33.8 Å². The monoisotopic (exact) mass is 820 g/mol. The molecule has 3 heterocycles. The Balaban J connectivity index is 1.03. The lowest BCUT2D eigenvalue weighted by molar-refractivity contribution is 0.488. The molecule has 0 saturated carbocycles. The van der Waals surface area contributed by atoms with Gasteiger partial charge in [-0.3, -0.25) is 0 Å². The summed E-state index contributed by atoms with van der Waals surface area (Å²) in [5, 5.41) is 4.92. The minimum atomic E-state index is -0.0260. The Morgan fingerprint density at radius 1 is 0.413 bits per heavy atom. The van der Waals surface area contributed by atoms with Crippen LogP contribution in [0.4, 0.5) is 34.1 Å². The van der Waals surface area contributed by atoms with Gasteiger partial charge < -0.3 is 14.5 Å². The number of nitrogens with zero attached hydrogens (tertiary/aromatic N) is 2. The molecule has 0 atom stereocenters. The van der Waals surface area contributed by atoms with Crippen LogP contribution in [-0.2, 0) is 0 Å². The average molecular weight is 821 g/mol. The van der Waals surface area contributed by atoms with Crippen LogP contribution in [-0.4, -0.2) is 6.71 Å². The molecule has 0 unspecified atom stereocenters. The molecule has 294 valence electrons. The molecule has 11 aromatic rings. The van der Waals surface area contributed by atoms with Gasteiger partial charge in [0.25, 0.3) is 6.71 Å². The maximum atomic E-state index is 7.10. The van der Waals surface area contributed by atoms with E-state index in [0.29, 0.717) is 0 Å². The molecule has 1 aromatic heterocycles. The molecule has 13 rings (SSSR count). The standard InChI is InChI=1S/C58H37BN2OS/c1-5-17-38(18-6-1)40-21-15-26-44(33-40)61-50-29-16-30-53-58(50)59(48-32-31-41(34-52(48)61)39-19-7-2-8-20-39)49-36-55-47(35-54(49)62-53)57-46-28-14-13-27-45(46)51(37-56(57)63-55)60(42-22-9-3-10-23-42)43-24-11-4-12-25-43/h1-37H. The molecule has 10 aromatic carbocycles. The lowest BCUT2D eigenvalue weighted by Gasteiger charge is -2.40. The van der Waals surface area contributed by atoms with E-state index in [9.17, 15) is 0 Å². The molecule has 2 aliphatic heterocycles. The number of fused-ring (bicyclic) bond motifs is 9. The van der Waals surface area contributed by atoms with Crippen molar-refractivity contribution in [1.29, 1.82) is 0 Å². The maximum Gasteiger partial charge on any atom is 0.256 e. The zero-order chi connectivity index (χ0) is 41.4. The predicted octanol–water partition coefficient (Wildman–Crippen LogP) is 14.4. The first kappa shape index (κ1) is 35.9. The Morgan fingerprint density at radius 3 is 1.75 bits per heavy atom. The summed E-state index contributed by atoms with van der Waals surface area (Å²) in [6.07, 6.45) is 0. The van der Waals surface area contributed by atoms with Crippen LogP contribution < -0.4 is 30.9 Å². The minimum absolute atomic E-state index is 0.0260. The lowest BCUT2D eigenvalue weighted by atomic mass is 9.34. The molecule has 63 heavy (non-hydrogen) atoms. The van der Waals surface area contributed by atoms with Crippen LogP contribution in [0.15, 0.2) is 224 Å². The Kier molecular flexibility index (Phi) is 8.18. The SMILES string of the molecule is c1ccc(-c2cccc(N3c4cc(-c5ccccc5)ccc4B4c5cc6sc7cc(N(c8ccccc8)c8ccccc8)c8ccccc8c7c6cc5Oc5cccc3c54)c2)cc1. The van der Waals surface area contributed by atoms with E-state index in [1.807, 2.05) is 11.3 Å². The van der Waals surface area contributed by atoms with Crippen LogP contribution in [0.3, 0.4) is 0 Å². The number of ether oxygens (including phenoxy) is 1. The Morgan fingerprint density at radius 2 is 1.03 bits per heavy atom. The number of para-hydroxylation sites is 2. The summed E-state index contributed by atoms with van der Waals surface area (Å²) in [7, 11) is 0. The van der Waals surface area contributed by atoms with Gasteiger partial charge in [-0.25, -0.2) is 0 Å². The second-order valence-electron chi connectivity index (χ2n) is 16.4. The molecule has 5 heteroatoms. The van der Waals surface area contributed by atoms with Crippen molar-refractivity contribution in [1.82, 2.24) is 0 Å². The van der Waals surface area contributed by atoms with Crippen molar-refractivity contribution in [2.45, 2.75) is 0 Å². The second kappa shape index (κ2) is 14.4. The number of rotatable bonds is 6. The smallest absolute Gasteiger partial charge is 0.256 e. The highest BCUT2D eigenvalue weighted by Gasteiger charge is 2.42. The molecular formula is C58H37BN2OS. The van der Waals surface area contributed by atoms with Gasteiger partial charge in [-0.05, 0) is 117 Å². The van der Waals surface area contributed by atoms with E-state index in [1.54, 1.807) is 0 Å². The zero-order valence-corrected chi connectivity index (χ0v) is 35.0. The largest absolute Gasteiger partial charge is 0.458 e. The van der Waals surface area contributed by atoms with E-state index in [-0.39, 0.29) is 6.71 Å². The van der Waals surface area contributed by atoms with Gasteiger partial charge in [0.15, 0.2) is 0 Å². The third kappa shape index (κ3) is 5.74. The number of hydrogen-bond acceptors (Lipinski definition) is 4. The summed E-state index contributed by atoms with van der Waals surface area (Å²) >= 11 is 1.87. The van der Waals surface area contributed by atoms with Crippen molar-refractivity contribution in [3.05, 3.63) is 224 Å². The highest BCUT2D eigenvalue weighted by Crippen LogP contribution is 2.48. The molecule has 0 fully saturated rings. The molecule has 0 bridgehead atoms. The lowest BCUT2D eigenvalue weighted by Crippen LogP contribution is -2.59. The number of benzene rings is 10. The van der Waals surface area contributed by atoms with Crippen molar-refractivity contribution < 1.29 is 4.74 Å². The average Bonchev–Trinajstić information content (AvgIpc) is 3.71. The van der Waals surface area contributed by atoms with Gasteiger partial charge in [0.2, 0.25) is 0 Å². The highest BCUT2D eigenvalue weighted by atomic mass is 32.1. The van der Waals surface area contributed by atoms with Gasteiger partial charge in [0, 0.05) is 54.0 Å². The van der Waals surface area contributed by atoms with Crippen molar-refractivity contribution >= 4 is 99.5 Å². The van der Waals surface area contributed by atoms with Crippen LogP contribution in [0.25, 0.3) is 53.2 Å². The minimum Gasteiger partial charge on any atom is -0.458 e. The summed E-state index contributed by atoms with van der Waals surface area (Å²) in [4.78, 5) is 4.84. The van der Waals surface area contributed by atoms with Crippen LogP contribution in [0.1, 0.15) is 0 Å². The normalized spacial score (nSPS) is 12.5. The summed E-state index contributed by atoms with van der Waals surface area (Å²) < 4.78 is 9.59. The highest BCUT2D eigenvalue weighted by molar-refractivity contribution is 7.26. The Bertz CT molecular complexity index is 3520. The molecule has 0 saturated heterocycles. The first-order valence-electron chi connectivity index (χ1n) is 21.5. The van der Waals surface area contributed by atoms with E-state index in [1.165, 1.54) is 75.3 Å². The summed E-state index contributed by atoms with van der Waals surface area (Å²) in [6, 6.07) is 81.4. The number of thiophene rings is 1. The first-order chi connectivity index (χ1) is 31.2. The summed E-state index contributed by atoms with van der Waals surface area (Å²) in [6.45, 7) is -0.0260. The molecule has 0 radical (unpaired) electrons. The topological polar surface area (TPSA) is 15.7 Å². The van der Waals surface area contributed by atoms with Crippen molar-refractivity contribution in [2.24, 2.45) is 0 Å². The zero-order valence-electron chi connectivity index (χ0n) is 34.2. The second-order valence-corrected chi connectivity index (χ2v) is 17.5. The molecule has 0 spiro atoms. The van der Waals surface area contributed by atoms with Crippen LogP contribution in [0.2, 0.25) is 0 Å². The molecule has 0 aliphatic carbocycles. The third-order valence-corrected chi connectivity index (χ3v) is 14.0. The number of hydrogen-bond donors (Lipinski definition) is 0. The molecular weight excluding hydrogens is 784 g/mol. The summed E-state index contributed by atoms with van der Waals surface area (Å²) in [5.74, 6) is 1.82. The van der Waals surface area contributed by atoms with Crippen molar-refractivity contribution in [3.63, 3.8) is 0 Å². The Hall–Kier alpha value is -7.86. The van der Waals surface area contributed by atoms with Gasteiger partial charge in [-0.1, -0.05) is 152 Å². The van der Waals surface area contributed by atoms with E-state index < -0.39 is 0 Å². The quantitative estimate of drug-likeness (QED) is 0.155.